The highest BCUT2D eigenvalue weighted by Gasteiger charge is 2.16. The quantitative estimate of drug-likeness (QED) is 0.398. The maximum Gasteiger partial charge on any atom is 0.324 e. The zero-order valence-electron chi connectivity index (χ0n) is 21.9. The number of anilines is 1. The van der Waals surface area contributed by atoms with E-state index >= 15 is 0 Å². The second-order valence-electron chi connectivity index (χ2n) is 8.91. The summed E-state index contributed by atoms with van der Waals surface area (Å²) < 4.78 is 12.1. The molecule has 0 amide bonds. The van der Waals surface area contributed by atoms with Crippen LogP contribution in [0, 0.1) is 0 Å². The second-order valence-corrected chi connectivity index (χ2v) is 8.91. The molecule has 1 aliphatic heterocycles. The van der Waals surface area contributed by atoms with Crippen LogP contribution in [0.25, 0.3) is 12.2 Å². The SMILES string of the molecule is C=Cc1cccc(COc2nc(OCc3cccc(C=C)c3)nc(N3CCNCCNCCNCC3)n2)c1. The van der Waals surface area contributed by atoms with Crippen molar-refractivity contribution in [3.8, 4) is 12.0 Å². The number of hydrogen-bond acceptors (Lipinski definition) is 9. The summed E-state index contributed by atoms with van der Waals surface area (Å²) in [6.45, 7) is 15.1. The molecule has 200 valence electrons. The van der Waals surface area contributed by atoms with E-state index in [0.717, 1.165) is 74.6 Å². The van der Waals surface area contributed by atoms with Crippen molar-refractivity contribution in [2.75, 3.05) is 57.3 Å². The Bertz CT molecular complexity index is 1100. The second kappa shape index (κ2) is 14.8. The third kappa shape index (κ3) is 8.65. The van der Waals surface area contributed by atoms with Crippen LogP contribution in [0.5, 0.6) is 12.0 Å². The van der Waals surface area contributed by atoms with Crippen molar-refractivity contribution in [3.63, 3.8) is 0 Å². The predicted octanol–water partition coefficient (Wildman–Crippen LogP) is 2.90. The molecule has 1 saturated heterocycles. The molecule has 4 rings (SSSR count). The Labute approximate surface area is 225 Å². The molecule has 1 aliphatic rings. The average Bonchev–Trinajstić information content (AvgIpc) is 2.95. The highest BCUT2D eigenvalue weighted by atomic mass is 16.5. The van der Waals surface area contributed by atoms with Crippen LogP contribution in [0.15, 0.2) is 61.7 Å². The molecule has 0 radical (unpaired) electrons. The first kappa shape index (κ1) is 27.3. The maximum absolute atomic E-state index is 6.03. The first-order valence-electron chi connectivity index (χ1n) is 13.0. The standard InChI is InChI=1S/C29H37N7O2/c1-3-23-7-5-9-25(19-23)21-37-28-33-27(36-17-15-31-13-11-30-12-14-32-16-18-36)34-29(35-28)38-22-26-10-6-8-24(4-2)20-26/h3-10,19-20,30-32H,1-2,11-18,21-22H2. The minimum Gasteiger partial charge on any atom is -0.458 e. The molecule has 9 heteroatoms. The van der Waals surface area contributed by atoms with Crippen molar-refractivity contribution in [3.05, 3.63) is 83.9 Å². The van der Waals surface area contributed by atoms with Gasteiger partial charge in [-0.15, -0.1) is 4.98 Å². The molecule has 0 bridgehead atoms. The highest BCUT2D eigenvalue weighted by Crippen LogP contribution is 2.19. The van der Waals surface area contributed by atoms with Gasteiger partial charge in [-0.25, -0.2) is 0 Å². The minimum absolute atomic E-state index is 0.227. The van der Waals surface area contributed by atoms with Gasteiger partial charge < -0.3 is 30.3 Å². The monoisotopic (exact) mass is 515 g/mol. The van der Waals surface area contributed by atoms with Crippen LogP contribution < -0.4 is 30.3 Å². The van der Waals surface area contributed by atoms with Crippen LogP contribution in [0.4, 0.5) is 5.95 Å². The number of nitrogens with one attached hydrogen (secondary N) is 3. The Morgan fingerprint density at radius 1 is 0.684 bits per heavy atom. The highest BCUT2D eigenvalue weighted by molar-refractivity contribution is 5.48. The van der Waals surface area contributed by atoms with Gasteiger partial charge in [0.1, 0.15) is 13.2 Å². The predicted molar refractivity (Wildman–Crippen MR) is 152 cm³/mol. The van der Waals surface area contributed by atoms with E-state index in [1.165, 1.54) is 0 Å². The zero-order chi connectivity index (χ0) is 26.4. The van der Waals surface area contributed by atoms with Crippen LogP contribution in [0.2, 0.25) is 0 Å². The summed E-state index contributed by atoms with van der Waals surface area (Å²) >= 11 is 0. The fraction of sp³-hybridized carbons (Fsp3) is 0.345. The number of benzene rings is 2. The van der Waals surface area contributed by atoms with Gasteiger partial charge in [0.15, 0.2) is 0 Å². The van der Waals surface area contributed by atoms with Gasteiger partial charge in [-0.2, -0.15) is 9.97 Å². The molecule has 3 N–H and O–H groups in total. The smallest absolute Gasteiger partial charge is 0.324 e. The molecule has 0 aliphatic carbocycles. The maximum atomic E-state index is 6.03. The summed E-state index contributed by atoms with van der Waals surface area (Å²) in [7, 11) is 0. The van der Waals surface area contributed by atoms with E-state index in [-0.39, 0.29) is 12.0 Å². The van der Waals surface area contributed by atoms with Crippen LogP contribution >= 0.6 is 0 Å². The van der Waals surface area contributed by atoms with Crippen molar-refractivity contribution in [1.29, 1.82) is 0 Å². The molecular formula is C29H37N7O2. The molecule has 3 aromatic rings. The fourth-order valence-corrected chi connectivity index (χ4v) is 3.98. The summed E-state index contributed by atoms with van der Waals surface area (Å²) in [5.41, 5.74) is 4.06. The van der Waals surface area contributed by atoms with E-state index in [0.29, 0.717) is 19.2 Å². The van der Waals surface area contributed by atoms with E-state index in [9.17, 15) is 0 Å². The van der Waals surface area contributed by atoms with Gasteiger partial charge >= 0.3 is 12.0 Å². The van der Waals surface area contributed by atoms with Gasteiger partial charge in [-0.1, -0.05) is 61.7 Å². The van der Waals surface area contributed by atoms with Gasteiger partial charge in [-0.3, -0.25) is 0 Å². The third-order valence-corrected chi connectivity index (χ3v) is 6.05. The van der Waals surface area contributed by atoms with E-state index in [4.69, 9.17) is 9.47 Å². The summed E-state index contributed by atoms with van der Waals surface area (Å²) in [5, 5.41) is 10.4. The van der Waals surface area contributed by atoms with E-state index in [1.54, 1.807) is 0 Å². The number of nitrogens with zero attached hydrogens (tertiary/aromatic N) is 4. The summed E-state index contributed by atoms with van der Waals surface area (Å²) in [5.74, 6) is 0.531. The van der Waals surface area contributed by atoms with Crippen molar-refractivity contribution < 1.29 is 9.47 Å². The summed E-state index contributed by atoms with van der Waals surface area (Å²) in [6, 6.07) is 16.5. The molecule has 2 heterocycles. The van der Waals surface area contributed by atoms with Gasteiger partial charge in [0, 0.05) is 52.4 Å². The molecule has 1 aromatic heterocycles. The van der Waals surface area contributed by atoms with Crippen LogP contribution in [0.3, 0.4) is 0 Å². The molecule has 0 spiro atoms. The van der Waals surface area contributed by atoms with Gasteiger partial charge in [0.25, 0.3) is 0 Å². The molecule has 0 atom stereocenters. The van der Waals surface area contributed by atoms with E-state index in [1.807, 2.05) is 60.7 Å². The van der Waals surface area contributed by atoms with E-state index in [2.05, 4.69) is 49.0 Å². The van der Waals surface area contributed by atoms with Gasteiger partial charge in [-0.05, 0) is 34.4 Å². The Morgan fingerprint density at radius 3 is 1.63 bits per heavy atom. The average molecular weight is 516 g/mol. The first-order valence-corrected chi connectivity index (χ1v) is 13.0. The number of aromatic nitrogens is 3. The largest absolute Gasteiger partial charge is 0.458 e. The normalized spacial score (nSPS) is 15.1. The van der Waals surface area contributed by atoms with Crippen molar-refractivity contribution in [2.24, 2.45) is 0 Å². The van der Waals surface area contributed by atoms with Crippen LogP contribution in [-0.2, 0) is 13.2 Å². The van der Waals surface area contributed by atoms with Gasteiger partial charge in [0.2, 0.25) is 5.95 Å². The molecule has 9 nitrogen and oxygen atoms in total. The van der Waals surface area contributed by atoms with Gasteiger partial charge in [0.05, 0.1) is 0 Å². The molecular weight excluding hydrogens is 478 g/mol. The van der Waals surface area contributed by atoms with Crippen molar-refractivity contribution in [2.45, 2.75) is 13.2 Å². The van der Waals surface area contributed by atoms with Crippen molar-refractivity contribution in [1.82, 2.24) is 30.9 Å². The first-order chi connectivity index (χ1) is 18.7. The topological polar surface area (TPSA) is 96.5 Å². The Hall–Kier alpha value is -3.79. The zero-order valence-corrected chi connectivity index (χ0v) is 21.9. The Morgan fingerprint density at radius 2 is 1.16 bits per heavy atom. The summed E-state index contributed by atoms with van der Waals surface area (Å²) in [6.07, 6.45) is 3.62. The van der Waals surface area contributed by atoms with Crippen LogP contribution in [-0.4, -0.2) is 67.3 Å². The lowest BCUT2D eigenvalue weighted by atomic mass is 10.1. The Balaban J connectivity index is 1.54. The van der Waals surface area contributed by atoms with E-state index < -0.39 is 0 Å². The molecule has 1 fully saturated rings. The number of hydrogen-bond donors (Lipinski definition) is 3. The molecule has 38 heavy (non-hydrogen) atoms. The van der Waals surface area contributed by atoms with Crippen LogP contribution in [0.1, 0.15) is 22.3 Å². The minimum atomic E-state index is 0.227. The summed E-state index contributed by atoms with van der Waals surface area (Å²) in [4.78, 5) is 15.9. The fourth-order valence-electron chi connectivity index (χ4n) is 3.98. The van der Waals surface area contributed by atoms with Crippen molar-refractivity contribution >= 4 is 18.1 Å². The molecule has 0 saturated carbocycles. The molecule has 2 aromatic carbocycles. The number of rotatable bonds is 9. The lowest BCUT2D eigenvalue weighted by molar-refractivity contribution is 0.249. The lowest BCUT2D eigenvalue weighted by Crippen LogP contribution is -2.42. The molecule has 0 unspecified atom stereocenters. The Kier molecular flexibility index (Phi) is 10.6. The number of ether oxygens (including phenoxy) is 2. The lowest BCUT2D eigenvalue weighted by Gasteiger charge is -2.24. The third-order valence-electron chi connectivity index (χ3n) is 6.05.